The molecule has 0 aliphatic heterocycles. The average Bonchev–Trinajstić information content (AvgIpc) is 2.54. The zero-order chi connectivity index (χ0) is 16.3. The first kappa shape index (κ1) is 15.8. The highest BCUT2D eigenvalue weighted by atomic mass is 19.2. The molecule has 0 saturated heterocycles. The Morgan fingerprint density at radius 2 is 1.64 bits per heavy atom. The van der Waals surface area contributed by atoms with E-state index in [9.17, 15) is 22.4 Å². The van der Waals surface area contributed by atoms with E-state index in [1.807, 2.05) is 0 Å². The van der Waals surface area contributed by atoms with E-state index in [0.717, 1.165) is 0 Å². The number of carbonyl (C=O) groups is 1. The summed E-state index contributed by atoms with van der Waals surface area (Å²) in [5, 5.41) is 0. The molecule has 0 aliphatic rings. The van der Waals surface area contributed by atoms with E-state index in [1.165, 1.54) is 31.4 Å². The van der Waals surface area contributed by atoms with Crippen molar-refractivity contribution in [1.29, 1.82) is 0 Å². The van der Waals surface area contributed by atoms with Crippen LogP contribution < -0.4 is 4.74 Å². The number of benzene rings is 2. The van der Waals surface area contributed by atoms with Gasteiger partial charge in [-0.25, -0.2) is 22.4 Å². The number of methoxy groups -OCH3 is 1. The Kier molecular flexibility index (Phi) is 4.65. The van der Waals surface area contributed by atoms with Crippen LogP contribution in [-0.4, -0.2) is 13.1 Å². The fourth-order valence-corrected chi connectivity index (χ4v) is 1.68. The molecule has 3 nitrogen and oxygen atoms in total. The van der Waals surface area contributed by atoms with Crippen molar-refractivity contribution in [2.24, 2.45) is 0 Å². The lowest BCUT2D eigenvalue weighted by Crippen LogP contribution is -2.08. The summed E-state index contributed by atoms with van der Waals surface area (Å²) in [5.74, 6) is -7.33. The number of halogens is 4. The first-order valence-electron chi connectivity index (χ1n) is 6.07. The van der Waals surface area contributed by atoms with Crippen molar-refractivity contribution in [2.45, 2.75) is 6.61 Å². The van der Waals surface area contributed by atoms with E-state index in [2.05, 4.69) is 0 Å². The zero-order valence-electron chi connectivity index (χ0n) is 11.3. The molecule has 0 aromatic heterocycles. The summed E-state index contributed by atoms with van der Waals surface area (Å²) in [5.41, 5.74) is -0.456. The quantitative estimate of drug-likeness (QED) is 0.374. The molecule has 0 bridgehead atoms. The van der Waals surface area contributed by atoms with Gasteiger partial charge in [-0.2, -0.15) is 0 Å². The Bertz CT molecular complexity index is 699. The van der Waals surface area contributed by atoms with E-state index in [1.54, 1.807) is 0 Å². The molecule has 0 atom stereocenters. The van der Waals surface area contributed by atoms with E-state index < -0.39 is 41.4 Å². The van der Waals surface area contributed by atoms with Crippen LogP contribution in [0, 0.1) is 23.3 Å². The Balaban J connectivity index is 2.11. The zero-order valence-corrected chi connectivity index (χ0v) is 11.3. The molecule has 0 amide bonds. The van der Waals surface area contributed by atoms with Gasteiger partial charge >= 0.3 is 5.97 Å². The van der Waals surface area contributed by atoms with E-state index >= 15 is 0 Å². The summed E-state index contributed by atoms with van der Waals surface area (Å²) < 4.78 is 61.9. The number of rotatable bonds is 4. The smallest absolute Gasteiger partial charge is 0.338 e. The topological polar surface area (TPSA) is 35.5 Å². The van der Waals surface area contributed by atoms with Crippen LogP contribution in [0.5, 0.6) is 5.75 Å². The third kappa shape index (κ3) is 3.19. The molecule has 22 heavy (non-hydrogen) atoms. The molecule has 0 spiro atoms. The van der Waals surface area contributed by atoms with E-state index in [0.29, 0.717) is 11.8 Å². The standard InChI is InChI=1S/C15H10F4O3/c1-21-10-4-2-8(3-5-10)15(20)22-7-9-6-11(16)13(18)14(19)12(9)17/h2-6H,7H2,1H3. The highest BCUT2D eigenvalue weighted by molar-refractivity contribution is 5.89. The SMILES string of the molecule is COc1ccc(C(=O)OCc2cc(F)c(F)c(F)c2F)cc1. The Labute approximate surface area is 123 Å². The van der Waals surface area contributed by atoms with Gasteiger partial charge in [-0.3, -0.25) is 0 Å². The maximum absolute atomic E-state index is 13.4. The summed E-state index contributed by atoms with van der Waals surface area (Å²) in [6, 6.07) is 6.27. The predicted molar refractivity (Wildman–Crippen MR) is 68.4 cm³/mol. The van der Waals surface area contributed by atoms with Crippen molar-refractivity contribution in [1.82, 2.24) is 0 Å². The lowest BCUT2D eigenvalue weighted by atomic mass is 10.2. The Hall–Kier alpha value is -2.57. The van der Waals surface area contributed by atoms with Crippen LogP contribution in [0.15, 0.2) is 30.3 Å². The minimum atomic E-state index is -1.95. The van der Waals surface area contributed by atoms with Crippen LogP contribution in [0.25, 0.3) is 0 Å². The van der Waals surface area contributed by atoms with Crippen LogP contribution >= 0.6 is 0 Å². The van der Waals surface area contributed by atoms with Gasteiger partial charge in [0, 0.05) is 5.56 Å². The molecule has 2 rings (SSSR count). The fourth-order valence-electron chi connectivity index (χ4n) is 1.68. The van der Waals surface area contributed by atoms with Crippen molar-refractivity contribution in [3.05, 3.63) is 64.7 Å². The molecule has 0 unspecified atom stereocenters. The second kappa shape index (κ2) is 6.46. The molecule has 0 N–H and O–H groups in total. The predicted octanol–water partition coefficient (Wildman–Crippen LogP) is 3.61. The van der Waals surface area contributed by atoms with Crippen LogP contribution in [0.4, 0.5) is 17.6 Å². The van der Waals surface area contributed by atoms with Gasteiger partial charge in [-0.1, -0.05) is 0 Å². The minimum Gasteiger partial charge on any atom is -0.497 e. The number of hydrogen-bond acceptors (Lipinski definition) is 3. The molecule has 0 saturated carbocycles. The second-order valence-corrected chi connectivity index (χ2v) is 4.26. The molecule has 0 heterocycles. The summed E-state index contributed by atoms with van der Waals surface area (Å²) >= 11 is 0. The number of carbonyl (C=O) groups excluding carboxylic acids is 1. The largest absolute Gasteiger partial charge is 0.497 e. The molecule has 7 heteroatoms. The van der Waals surface area contributed by atoms with Gasteiger partial charge in [-0.15, -0.1) is 0 Å². The maximum atomic E-state index is 13.4. The van der Waals surface area contributed by atoms with Crippen molar-refractivity contribution < 1.29 is 31.8 Å². The Morgan fingerprint density at radius 3 is 2.23 bits per heavy atom. The second-order valence-electron chi connectivity index (χ2n) is 4.26. The minimum absolute atomic E-state index is 0.143. The number of ether oxygens (including phenoxy) is 2. The van der Waals surface area contributed by atoms with Crippen LogP contribution in [0.2, 0.25) is 0 Å². The van der Waals surface area contributed by atoms with E-state index in [-0.39, 0.29) is 5.56 Å². The van der Waals surface area contributed by atoms with Crippen LogP contribution in [0.3, 0.4) is 0 Å². The molecular weight excluding hydrogens is 304 g/mol. The summed E-state index contributed by atoms with van der Waals surface area (Å²) in [7, 11) is 1.45. The first-order valence-corrected chi connectivity index (χ1v) is 6.07. The molecule has 0 radical (unpaired) electrons. The molecule has 2 aromatic rings. The van der Waals surface area contributed by atoms with Crippen molar-refractivity contribution >= 4 is 5.97 Å². The molecule has 2 aromatic carbocycles. The van der Waals surface area contributed by atoms with E-state index in [4.69, 9.17) is 9.47 Å². The van der Waals surface area contributed by atoms with Gasteiger partial charge in [0.15, 0.2) is 23.3 Å². The maximum Gasteiger partial charge on any atom is 0.338 e. The monoisotopic (exact) mass is 314 g/mol. The van der Waals surface area contributed by atoms with Crippen LogP contribution in [0.1, 0.15) is 15.9 Å². The van der Waals surface area contributed by atoms with Crippen molar-refractivity contribution in [2.75, 3.05) is 7.11 Å². The van der Waals surface area contributed by atoms with Gasteiger partial charge < -0.3 is 9.47 Å². The summed E-state index contributed by atoms with van der Waals surface area (Å²) in [4.78, 5) is 11.7. The van der Waals surface area contributed by atoms with Gasteiger partial charge in [0.25, 0.3) is 0 Å². The highest BCUT2D eigenvalue weighted by Gasteiger charge is 2.19. The van der Waals surface area contributed by atoms with Gasteiger partial charge in [0.2, 0.25) is 0 Å². The van der Waals surface area contributed by atoms with Crippen molar-refractivity contribution in [3.8, 4) is 5.75 Å². The lowest BCUT2D eigenvalue weighted by Gasteiger charge is -2.08. The van der Waals surface area contributed by atoms with Gasteiger partial charge in [0.1, 0.15) is 12.4 Å². The van der Waals surface area contributed by atoms with Crippen LogP contribution in [-0.2, 0) is 11.3 Å². The fraction of sp³-hybridized carbons (Fsp3) is 0.133. The normalized spacial score (nSPS) is 10.4. The molecule has 0 aliphatic carbocycles. The summed E-state index contributed by atoms with van der Waals surface area (Å²) in [6.45, 7) is -0.731. The first-order chi connectivity index (χ1) is 10.4. The Morgan fingerprint density at radius 1 is 1.00 bits per heavy atom. The average molecular weight is 314 g/mol. The highest BCUT2D eigenvalue weighted by Crippen LogP contribution is 2.20. The lowest BCUT2D eigenvalue weighted by molar-refractivity contribution is 0.0467. The van der Waals surface area contributed by atoms with Crippen molar-refractivity contribution in [3.63, 3.8) is 0 Å². The third-order valence-electron chi connectivity index (χ3n) is 2.86. The number of esters is 1. The molecule has 116 valence electrons. The third-order valence-corrected chi connectivity index (χ3v) is 2.86. The molecular formula is C15H10F4O3. The van der Waals surface area contributed by atoms with Gasteiger partial charge in [0.05, 0.1) is 12.7 Å². The van der Waals surface area contributed by atoms with Gasteiger partial charge in [-0.05, 0) is 30.3 Å². The number of hydrogen-bond donors (Lipinski definition) is 0. The molecule has 0 fully saturated rings. The summed E-state index contributed by atoms with van der Waals surface area (Å²) in [6.07, 6.45) is 0.